The maximum Gasteiger partial charge on any atom is 0.341 e. The van der Waals surface area contributed by atoms with Crippen LogP contribution in [-0.2, 0) is 11.2 Å². The number of aryl methyl sites for hydroxylation is 1. The first-order valence-corrected chi connectivity index (χ1v) is 8.53. The van der Waals surface area contributed by atoms with Crippen molar-refractivity contribution in [2.75, 3.05) is 19.8 Å². The second-order valence-corrected chi connectivity index (χ2v) is 5.83. The van der Waals surface area contributed by atoms with Crippen LogP contribution >= 0.6 is 0 Å². The van der Waals surface area contributed by atoms with Crippen molar-refractivity contribution in [1.29, 1.82) is 0 Å². The van der Waals surface area contributed by atoms with E-state index in [9.17, 15) is 14.7 Å². The summed E-state index contributed by atoms with van der Waals surface area (Å²) in [6, 6.07) is 11.6. The Morgan fingerprint density at radius 1 is 1.00 bits per heavy atom. The molecule has 0 aliphatic rings. The van der Waals surface area contributed by atoms with Gasteiger partial charge in [-0.15, -0.1) is 0 Å². The summed E-state index contributed by atoms with van der Waals surface area (Å²) in [6.45, 7) is -0.0904. The minimum Gasteiger partial charge on any atom is -0.507 e. The number of carbonyl (C=O) groups is 2. The zero-order valence-corrected chi connectivity index (χ0v) is 14.8. The maximum absolute atomic E-state index is 12.5. The lowest BCUT2D eigenvalue weighted by atomic mass is 10.0. The quantitative estimate of drug-likeness (QED) is 0.409. The Morgan fingerprint density at radius 2 is 1.74 bits per heavy atom. The van der Waals surface area contributed by atoms with Gasteiger partial charge in [-0.05, 0) is 36.2 Å². The fourth-order valence-electron chi connectivity index (χ4n) is 2.45. The third-order valence-corrected chi connectivity index (χ3v) is 3.77. The van der Waals surface area contributed by atoms with E-state index in [2.05, 4.69) is 0 Å². The van der Waals surface area contributed by atoms with Crippen molar-refractivity contribution in [2.45, 2.75) is 19.3 Å². The number of carboxylic acids is 1. The zero-order chi connectivity index (χ0) is 19.6. The number of hydrogen-bond donors (Lipinski definition) is 3. The van der Waals surface area contributed by atoms with Gasteiger partial charge in [0.15, 0.2) is 12.4 Å². The molecular formula is C20H22O7. The zero-order valence-electron chi connectivity index (χ0n) is 14.8. The van der Waals surface area contributed by atoms with Crippen molar-refractivity contribution in [1.82, 2.24) is 0 Å². The number of ether oxygens (including phenoxy) is 2. The molecule has 0 amide bonds. The number of carboxylic acid groups (broad SMARTS) is 1. The van der Waals surface area contributed by atoms with E-state index in [1.54, 1.807) is 12.1 Å². The largest absolute Gasteiger partial charge is 0.507 e. The first-order chi connectivity index (χ1) is 13.0. The maximum atomic E-state index is 12.5. The molecule has 0 saturated carbocycles. The fourth-order valence-corrected chi connectivity index (χ4v) is 2.45. The highest BCUT2D eigenvalue weighted by atomic mass is 16.5. The van der Waals surface area contributed by atoms with Crippen LogP contribution in [0.3, 0.4) is 0 Å². The number of carbonyl (C=O) groups excluding carboxylic acids is 1. The smallest absolute Gasteiger partial charge is 0.341 e. The Balaban J connectivity index is 1.98. The van der Waals surface area contributed by atoms with Gasteiger partial charge in [-0.25, -0.2) is 4.79 Å². The van der Waals surface area contributed by atoms with Gasteiger partial charge >= 0.3 is 5.97 Å². The average molecular weight is 374 g/mol. The Labute approximate surface area is 156 Å². The molecule has 2 aromatic rings. The highest BCUT2D eigenvalue weighted by molar-refractivity contribution is 6.01. The summed E-state index contributed by atoms with van der Waals surface area (Å²) in [5.41, 5.74) is 0.906. The van der Waals surface area contributed by atoms with Crippen molar-refractivity contribution in [3.05, 3.63) is 53.6 Å². The van der Waals surface area contributed by atoms with Gasteiger partial charge in [0.25, 0.3) is 0 Å². The van der Waals surface area contributed by atoms with E-state index in [0.29, 0.717) is 25.2 Å². The van der Waals surface area contributed by atoms with Gasteiger partial charge in [-0.2, -0.15) is 0 Å². The summed E-state index contributed by atoms with van der Waals surface area (Å²) in [4.78, 5) is 23.2. The molecule has 0 unspecified atom stereocenters. The lowest BCUT2D eigenvalue weighted by Gasteiger charge is -2.11. The number of hydrogen-bond acceptors (Lipinski definition) is 6. The summed E-state index contributed by atoms with van der Waals surface area (Å²) in [6.07, 6.45) is 1.14. The molecule has 0 aromatic heterocycles. The van der Waals surface area contributed by atoms with Gasteiger partial charge < -0.3 is 24.8 Å². The molecule has 0 aliphatic carbocycles. The molecule has 0 radical (unpaired) electrons. The predicted molar refractivity (Wildman–Crippen MR) is 97.5 cm³/mol. The second-order valence-electron chi connectivity index (χ2n) is 5.83. The van der Waals surface area contributed by atoms with Gasteiger partial charge in [-0.3, -0.25) is 4.79 Å². The minimum atomic E-state index is -1.17. The van der Waals surface area contributed by atoms with E-state index in [-0.39, 0.29) is 35.9 Å². The van der Waals surface area contributed by atoms with Crippen LogP contribution in [0.15, 0.2) is 42.5 Å². The number of aliphatic hydroxyl groups excluding tert-OH is 1. The van der Waals surface area contributed by atoms with Crippen LogP contribution in [0.2, 0.25) is 0 Å². The van der Waals surface area contributed by atoms with Crippen molar-refractivity contribution >= 4 is 11.8 Å². The van der Waals surface area contributed by atoms with Crippen LogP contribution in [0.4, 0.5) is 0 Å². The molecule has 2 rings (SSSR count). The van der Waals surface area contributed by atoms with E-state index in [4.69, 9.17) is 19.7 Å². The van der Waals surface area contributed by atoms with Gasteiger partial charge in [0.2, 0.25) is 0 Å². The molecule has 27 heavy (non-hydrogen) atoms. The molecule has 144 valence electrons. The number of aliphatic carboxylic acids is 1. The van der Waals surface area contributed by atoms with Crippen molar-refractivity contribution in [3.63, 3.8) is 0 Å². The van der Waals surface area contributed by atoms with Gasteiger partial charge in [0.1, 0.15) is 22.8 Å². The number of rotatable bonds is 11. The van der Waals surface area contributed by atoms with E-state index in [1.165, 1.54) is 18.2 Å². The number of aliphatic hydroxyl groups is 1. The van der Waals surface area contributed by atoms with Crippen molar-refractivity contribution in [3.8, 4) is 17.2 Å². The third-order valence-electron chi connectivity index (χ3n) is 3.77. The number of phenolic OH excluding ortho intramolecular Hbond substituents is 1. The normalized spacial score (nSPS) is 10.4. The van der Waals surface area contributed by atoms with E-state index < -0.39 is 12.6 Å². The van der Waals surface area contributed by atoms with Crippen LogP contribution in [0.5, 0.6) is 17.2 Å². The molecule has 0 fully saturated rings. The first-order valence-electron chi connectivity index (χ1n) is 8.53. The summed E-state index contributed by atoms with van der Waals surface area (Å²) >= 11 is 0. The summed E-state index contributed by atoms with van der Waals surface area (Å²) in [7, 11) is 0. The van der Waals surface area contributed by atoms with Crippen LogP contribution in [0, 0.1) is 0 Å². The molecule has 7 heteroatoms. The lowest BCUT2D eigenvalue weighted by Crippen LogP contribution is -2.12. The summed E-state index contributed by atoms with van der Waals surface area (Å²) in [5.74, 6) is -1.01. The molecule has 0 heterocycles. The molecule has 0 atom stereocenters. The highest BCUT2D eigenvalue weighted by Gasteiger charge is 2.18. The van der Waals surface area contributed by atoms with Crippen molar-refractivity contribution < 1.29 is 34.4 Å². The van der Waals surface area contributed by atoms with Crippen LogP contribution in [0.1, 0.15) is 28.8 Å². The molecule has 7 nitrogen and oxygen atoms in total. The molecule has 0 spiro atoms. The minimum absolute atomic E-state index is 0.0114. The Bertz CT molecular complexity index is 768. The molecule has 0 saturated heterocycles. The molecule has 3 N–H and O–H groups in total. The monoisotopic (exact) mass is 374 g/mol. The summed E-state index contributed by atoms with van der Waals surface area (Å²) < 4.78 is 10.5. The fraction of sp³-hybridized carbons (Fsp3) is 0.300. The molecule has 0 bridgehead atoms. The highest BCUT2D eigenvalue weighted by Crippen LogP contribution is 2.29. The lowest BCUT2D eigenvalue weighted by molar-refractivity contribution is -0.139. The standard InChI is InChI=1S/C20H22O7/c21-11-2-12-26-15-8-5-14(6-9-15)7-10-17(23)20-16(22)3-1-4-18(20)27-13-19(24)25/h1,3-6,8-9,21-22H,2,7,10-13H2,(H,24,25). The number of ketones is 1. The first kappa shape index (κ1) is 20.3. The number of Topliss-reactive ketones (excluding diaryl/α,β-unsaturated/α-hetero) is 1. The van der Waals surface area contributed by atoms with E-state index >= 15 is 0 Å². The van der Waals surface area contributed by atoms with Gasteiger partial charge in [0.05, 0.1) is 6.61 Å². The van der Waals surface area contributed by atoms with Crippen LogP contribution < -0.4 is 9.47 Å². The summed E-state index contributed by atoms with van der Waals surface area (Å²) in [5, 5.41) is 27.4. The van der Waals surface area contributed by atoms with E-state index in [0.717, 1.165) is 5.56 Å². The Morgan fingerprint density at radius 3 is 2.41 bits per heavy atom. The Kier molecular flexibility index (Phi) is 7.63. The van der Waals surface area contributed by atoms with Crippen molar-refractivity contribution in [2.24, 2.45) is 0 Å². The molecule has 2 aromatic carbocycles. The molecular weight excluding hydrogens is 352 g/mol. The third kappa shape index (κ3) is 6.31. The second kappa shape index (κ2) is 10.2. The number of phenols is 1. The topological polar surface area (TPSA) is 113 Å². The van der Waals surface area contributed by atoms with Crippen LogP contribution in [0.25, 0.3) is 0 Å². The van der Waals surface area contributed by atoms with E-state index in [1.807, 2.05) is 12.1 Å². The van der Waals surface area contributed by atoms with Gasteiger partial charge in [0, 0.05) is 19.4 Å². The molecule has 0 aliphatic heterocycles. The van der Waals surface area contributed by atoms with Gasteiger partial charge in [-0.1, -0.05) is 18.2 Å². The SMILES string of the molecule is O=C(O)COc1cccc(O)c1C(=O)CCc1ccc(OCCCO)cc1. The number of benzene rings is 2. The predicted octanol–water partition coefficient (Wildman–Crippen LogP) is 2.43. The average Bonchev–Trinajstić information content (AvgIpc) is 2.65. The van der Waals surface area contributed by atoms with Crippen LogP contribution in [-0.4, -0.2) is 46.9 Å². The Hall–Kier alpha value is -3.06. The number of aromatic hydroxyl groups is 1.